The zero-order valence-electron chi connectivity index (χ0n) is 22.5. The Labute approximate surface area is 237 Å². The van der Waals surface area contributed by atoms with Gasteiger partial charge in [-0.15, -0.1) is 0 Å². The fourth-order valence-electron chi connectivity index (χ4n) is 7.05. The van der Waals surface area contributed by atoms with Crippen molar-refractivity contribution in [3.8, 4) is 11.3 Å². The Bertz CT molecular complexity index is 1690. The Balaban J connectivity index is 1.17. The van der Waals surface area contributed by atoms with Crippen molar-refractivity contribution >= 4 is 40.2 Å². The number of esters is 1. The number of para-hydroxylation sites is 1. The number of aromatic nitrogens is 1. The number of Topliss-reactive ketones (excluding diaryl/α,β-unsaturated/α-hetero) is 1. The van der Waals surface area contributed by atoms with Crippen molar-refractivity contribution in [2.45, 2.75) is 32.3 Å². The van der Waals surface area contributed by atoms with Crippen LogP contribution < -0.4 is 4.90 Å². The van der Waals surface area contributed by atoms with Gasteiger partial charge in [0.2, 0.25) is 17.6 Å². The maximum atomic E-state index is 13.4. The van der Waals surface area contributed by atoms with Crippen molar-refractivity contribution in [1.82, 2.24) is 4.98 Å². The number of carbonyl (C=O) groups is 4. The predicted molar refractivity (Wildman–Crippen MR) is 153 cm³/mol. The average Bonchev–Trinajstić information content (AvgIpc) is 3.70. The molecule has 2 bridgehead atoms. The number of ether oxygens (including phenoxy) is 1. The third kappa shape index (κ3) is 4.15. The molecule has 5 unspecified atom stereocenters. The number of pyridine rings is 1. The number of rotatable bonds is 6. The second-order valence-corrected chi connectivity index (χ2v) is 11.3. The lowest BCUT2D eigenvalue weighted by Crippen LogP contribution is -2.32. The molecule has 7 heteroatoms. The molecule has 2 amide bonds. The van der Waals surface area contributed by atoms with Crippen molar-refractivity contribution in [3.63, 3.8) is 0 Å². The monoisotopic (exact) mass is 544 g/mol. The first-order valence-corrected chi connectivity index (χ1v) is 14.1. The SMILES string of the molecule is CC(OC(=O)c1cc(-c2ccc(N3C(=O)C4C5CCC(C5)C4C3=O)cc2)nc2ccccc12)C(=O)c1ccccc1. The van der Waals surface area contributed by atoms with Crippen LogP contribution in [-0.2, 0) is 14.3 Å². The molecule has 2 aliphatic carbocycles. The van der Waals surface area contributed by atoms with Crippen LogP contribution in [0.1, 0.15) is 46.9 Å². The molecule has 0 N–H and O–H groups in total. The molecule has 41 heavy (non-hydrogen) atoms. The van der Waals surface area contributed by atoms with E-state index in [0.717, 1.165) is 24.8 Å². The summed E-state index contributed by atoms with van der Waals surface area (Å²) in [6, 6.07) is 24.8. The lowest BCUT2D eigenvalue weighted by Gasteiger charge is -2.19. The topological polar surface area (TPSA) is 93.6 Å². The van der Waals surface area contributed by atoms with Gasteiger partial charge < -0.3 is 4.74 Å². The Morgan fingerprint density at radius 2 is 1.49 bits per heavy atom. The van der Waals surface area contributed by atoms with E-state index in [9.17, 15) is 19.2 Å². The van der Waals surface area contributed by atoms with E-state index < -0.39 is 12.1 Å². The van der Waals surface area contributed by atoms with Crippen LogP contribution in [0.4, 0.5) is 5.69 Å². The lowest BCUT2D eigenvalue weighted by molar-refractivity contribution is -0.123. The van der Waals surface area contributed by atoms with Crippen LogP contribution in [0.5, 0.6) is 0 Å². The summed E-state index contributed by atoms with van der Waals surface area (Å²) in [7, 11) is 0. The second kappa shape index (κ2) is 9.77. The van der Waals surface area contributed by atoms with Crippen LogP contribution in [0.25, 0.3) is 22.2 Å². The zero-order valence-corrected chi connectivity index (χ0v) is 22.5. The molecular weight excluding hydrogens is 516 g/mol. The van der Waals surface area contributed by atoms with Gasteiger partial charge in [-0.1, -0.05) is 60.7 Å². The number of carbonyl (C=O) groups excluding carboxylic acids is 4. The fraction of sp³-hybridized carbons (Fsp3) is 0.265. The number of hydrogen-bond donors (Lipinski definition) is 0. The molecule has 1 aliphatic heterocycles. The summed E-state index contributed by atoms with van der Waals surface area (Å²) in [5, 5.41) is 0.617. The molecule has 1 aromatic heterocycles. The quantitative estimate of drug-likeness (QED) is 0.171. The van der Waals surface area contributed by atoms with Crippen molar-refractivity contribution in [1.29, 1.82) is 0 Å². The molecule has 3 aliphatic rings. The largest absolute Gasteiger partial charge is 0.451 e. The van der Waals surface area contributed by atoms with Gasteiger partial charge in [-0.25, -0.2) is 9.78 Å². The summed E-state index contributed by atoms with van der Waals surface area (Å²) in [4.78, 5) is 58.8. The van der Waals surface area contributed by atoms with Gasteiger partial charge in [0.15, 0.2) is 6.10 Å². The zero-order chi connectivity index (χ0) is 28.2. The number of fused-ring (bicyclic) bond motifs is 6. The molecule has 5 atom stereocenters. The molecule has 3 aromatic carbocycles. The number of nitrogens with zero attached hydrogens (tertiary/aromatic N) is 2. The highest BCUT2D eigenvalue weighted by atomic mass is 16.5. The van der Waals surface area contributed by atoms with Crippen LogP contribution in [0.2, 0.25) is 0 Å². The van der Waals surface area contributed by atoms with Crippen molar-refractivity contribution < 1.29 is 23.9 Å². The van der Waals surface area contributed by atoms with E-state index in [2.05, 4.69) is 0 Å². The summed E-state index contributed by atoms with van der Waals surface area (Å²) >= 11 is 0. The van der Waals surface area contributed by atoms with Gasteiger partial charge in [-0.2, -0.15) is 0 Å². The van der Waals surface area contributed by atoms with E-state index in [1.165, 1.54) is 4.90 Å². The molecule has 0 spiro atoms. The van der Waals surface area contributed by atoms with Gasteiger partial charge in [0, 0.05) is 16.5 Å². The van der Waals surface area contributed by atoms with E-state index in [-0.39, 0.29) is 29.4 Å². The van der Waals surface area contributed by atoms with Crippen LogP contribution in [0, 0.1) is 23.7 Å². The molecule has 2 saturated carbocycles. The predicted octanol–water partition coefficient (Wildman–Crippen LogP) is 5.87. The highest BCUT2D eigenvalue weighted by Gasteiger charge is 2.61. The normalized spacial score (nSPS) is 23.6. The van der Waals surface area contributed by atoms with Gasteiger partial charge in [0.1, 0.15) is 0 Å². The highest BCUT2D eigenvalue weighted by molar-refractivity contribution is 6.22. The molecule has 2 heterocycles. The molecule has 7 nitrogen and oxygen atoms in total. The number of amides is 2. The van der Waals surface area contributed by atoms with Crippen LogP contribution in [0.3, 0.4) is 0 Å². The number of ketones is 1. The van der Waals surface area contributed by atoms with Crippen LogP contribution in [0.15, 0.2) is 84.9 Å². The highest BCUT2D eigenvalue weighted by Crippen LogP contribution is 2.56. The minimum absolute atomic E-state index is 0.0759. The molecule has 1 saturated heterocycles. The number of imide groups is 1. The first-order valence-electron chi connectivity index (χ1n) is 14.1. The van der Waals surface area contributed by atoms with Gasteiger partial charge in [-0.3, -0.25) is 19.3 Å². The molecular formula is C34H28N2O5. The average molecular weight is 545 g/mol. The Morgan fingerprint density at radius 1 is 0.854 bits per heavy atom. The third-order valence-electron chi connectivity index (χ3n) is 9.00. The first-order chi connectivity index (χ1) is 19.9. The summed E-state index contributed by atoms with van der Waals surface area (Å²) < 4.78 is 5.62. The Morgan fingerprint density at radius 3 is 2.17 bits per heavy atom. The van der Waals surface area contributed by atoms with Crippen LogP contribution in [-0.4, -0.2) is 34.7 Å². The van der Waals surface area contributed by atoms with E-state index >= 15 is 0 Å². The third-order valence-corrected chi connectivity index (χ3v) is 9.00. The van der Waals surface area contributed by atoms with Gasteiger partial charge in [-0.05, 0) is 62.3 Å². The van der Waals surface area contributed by atoms with E-state index in [0.29, 0.717) is 45.2 Å². The summed E-state index contributed by atoms with van der Waals surface area (Å²) in [5.41, 5.74) is 3.21. The minimum atomic E-state index is -0.968. The number of anilines is 1. The van der Waals surface area contributed by atoms with Crippen molar-refractivity contribution in [2.24, 2.45) is 23.7 Å². The van der Waals surface area contributed by atoms with Crippen molar-refractivity contribution in [2.75, 3.05) is 4.90 Å². The lowest BCUT2D eigenvalue weighted by atomic mass is 9.81. The van der Waals surface area contributed by atoms with E-state index in [4.69, 9.17) is 9.72 Å². The fourth-order valence-corrected chi connectivity index (χ4v) is 7.05. The number of benzene rings is 3. The standard InChI is InChI=1S/C34H28N2O5/c1-19(31(37)21-7-3-2-4-8-21)41-34(40)26-18-28(35-27-10-6-5-9-25(26)27)20-13-15-24(16-14-20)36-32(38)29-22-11-12-23(17-22)30(29)33(36)39/h2-10,13-16,18-19,22-23,29-30H,11-12,17H2,1H3. The van der Waals surface area contributed by atoms with Gasteiger partial charge >= 0.3 is 5.97 Å². The van der Waals surface area contributed by atoms with E-state index in [1.807, 2.05) is 36.4 Å². The Kier molecular flexibility index (Phi) is 6.03. The Hall–Kier alpha value is -4.65. The van der Waals surface area contributed by atoms with Crippen LogP contribution >= 0.6 is 0 Å². The summed E-state index contributed by atoms with van der Waals surface area (Å²) in [6.07, 6.45) is 2.10. The molecule has 204 valence electrons. The molecule has 4 aromatic rings. The molecule has 0 radical (unpaired) electrons. The van der Waals surface area contributed by atoms with Gasteiger partial charge in [0.05, 0.1) is 34.3 Å². The van der Waals surface area contributed by atoms with Gasteiger partial charge in [0.25, 0.3) is 0 Å². The summed E-state index contributed by atoms with van der Waals surface area (Å²) in [5.74, 6) is -0.738. The number of hydrogen-bond acceptors (Lipinski definition) is 6. The van der Waals surface area contributed by atoms with E-state index in [1.54, 1.807) is 55.5 Å². The maximum absolute atomic E-state index is 13.4. The molecule has 7 rings (SSSR count). The smallest absolute Gasteiger partial charge is 0.339 e. The first kappa shape index (κ1) is 25.3. The van der Waals surface area contributed by atoms with Crippen molar-refractivity contribution in [3.05, 3.63) is 96.1 Å². The summed E-state index contributed by atoms with van der Waals surface area (Å²) in [6.45, 7) is 1.57. The minimum Gasteiger partial charge on any atom is -0.451 e. The molecule has 3 fully saturated rings. The second-order valence-electron chi connectivity index (χ2n) is 11.3. The maximum Gasteiger partial charge on any atom is 0.339 e.